The zero-order chi connectivity index (χ0) is 19.6. The van der Waals surface area contributed by atoms with Crippen LogP contribution in [0, 0.1) is 16.7 Å². The molecule has 0 aliphatic rings. The van der Waals surface area contributed by atoms with Gasteiger partial charge in [0.2, 0.25) is 0 Å². The number of methoxy groups -OCH3 is 1. The summed E-state index contributed by atoms with van der Waals surface area (Å²) >= 11 is 0. The first-order chi connectivity index (χ1) is 13.1. The Morgan fingerprint density at radius 2 is 1.74 bits per heavy atom. The van der Waals surface area contributed by atoms with E-state index in [1.54, 1.807) is 7.11 Å². The first-order valence-electron chi connectivity index (χ1n) is 9.08. The van der Waals surface area contributed by atoms with E-state index in [0.29, 0.717) is 12.8 Å². The number of hydrogen-bond donors (Lipinski definition) is 0. The highest BCUT2D eigenvalue weighted by molar-refractivity contribution is 5.37. The molecule has 0 N–H and O–H groups in total. The molecule has 0 aromatic heterocycles. The number of rotatable bonds is 11. The predicted molar refractivity (Wildman–Crippen MR) is 106 cm³/mol. The number of nitroso groups, excluding NO2 is 2. The maximum Gasteiger partial charge on any atom is 0.193 e. The number of benzene rings is 2. The summed E-state index contributed by atoms with van der Waals surface area (Å²) in [6.45, 7) is 3.98. The van der Waals surface area contributed by atoms with E-state index < -0.39 is 6.23 Å². The molecule has 6 nitrogen and oxygen atoms in total. The molecular weight excluding hydrogens is 344 g/mol. The van der Waals surface area contributed by atoms with Crippen LogP contribution in [-0.4, -0.2) is 26.0 Å². The summed E-state index contributed by atoms with van der Waals surface area (Å²) in [5.74, 6) is 0.830. The maximum absolute atomic E-state index is 11.2. The van der Waals surface area contributed by atoms with Crippen LogP contribution in [0.3, 0.4) is 0 Å². The molecule has 0 spiro atoms. The topological polar surface area (TPSA) is 77.3 Å². The Morgan fingerprint density at radius 3 is 2.33 bits per heavy atom. The Hall–Kier alpha value is -2.60. The zero-order valence-electron chi connectivity index (χ0n) is 16.1. The molecule has 0 saturated carbocycles. The molecule has 0 bridgehead atoms. The highest BCUT2D eigenvalue weighted by Gasteiger charge is 2.17. The Balaban J connectivity index is 2.10. The number of ether oxygens (including phenoxy) is 2. The molecule has 0 amide bonds. The van der Waals surface area contributed by atoms with Gasteiger partial charge in [0.05, 0.1) is 13.2 Å². The third kappa shape index (κ3) is 6.25. The lowest BCUT2D eigenvalue weighted by atomic mass is 9.97. The summed E-state index contributed by atoms with van der Waals surface area (Å²) in [6.07, 6.45) is 0.558. The third-order valence-corrected chi connectivity index (χ3v) is 4.58. The monoisotopic (exact) mass is 370 g/mol. The average Bonchev–Trinajstić information content (AvgIpc) is 2.69. The second-order valence-corrected chi connectivity index (χ2v) is 6.53. The summed E-state index contributed by atoms with van der Waals surface area (Å²) in [5.41, 5.74) is 4.52. The molecule has 2 rings (SSSR count). The van der Waals surface area contributed by atoms with Gasteiger partial charge in [0.1, 0.15) is 12.3 Å². The highest BCUT2D eigenvalue weighted by Crippen LogP contribution is 2.20. The molecule has 2 aromatic rings. The van der Waals surface area contributed by atoms with Gasteiger partial charge in [-0.1, -0.05) is 42.4 Å². The SMILES string of the molecule is CCC(CN=O)OC(Cc1ccc(C)c(Cc2ccc(OC)cc2)c1)N=O. The highest BCUT2D eigenvalue weighted by atomic mass is 16.5. The standard InChI is InChI=1S/C21H26N2O4/c1-4-19(14-22-24)27-21(23-25)13-17-6-5-15(2)18(12-17)11-16-7-9-20(26-3)10-8-16/h5-10,12,19,21H,4,11,13-14H2,1-3H3. The quantitative estimate of drug-likeness (QED) is 0.533. The van der Waals surface area contributed by atoms with Crippen LogP contribution in [0.4, 0.5) is 0 Å². The fourth-order valence-electron chi connectivity index (χ4n) is 2.89. The number of nitrogens with zero attached hydrogens (tertiary/aromatic N) is 2. The molecule has 2 atom stereocenters. The molecule has 0 heterocycles. The third-order valence-electron chi connectivity index (χ3n) is 4.58. The molecule has 6 heteroatoms. The second-order valence-electron chi connectivity index (χ2n) is 6.53. The van der Waals surface area contributed by atoms with E-state index in [4.69, 9.17) is 9.47 Å². The van der Waals surface area contributed by atoms with E-state index in [0.717, 1.165) is 17.7 Å². The van der Waals surface area contributed by atoms with Crippen molar-refractivity contribution in [3.8, 4) is 5.75 Å². The lowest BCUT2D eigenvalue weighted by Crippen LogP contribution is -2.24. The molecule has 144 valence electrons. The zero-order valence-corrected chi connectivity index (χ0v) is 16.1. The first-order valence-corrected chi connectivity index (χ1v) is 9.08. The Morgan fingerprint density at radius 1 is 1.04 bits per heavy atom. The van der Waals surface area contributed by atoms with Crippen LogP contribution in [0.25, 0.3) is 0 Å². The van der Waals surface area contributed by atoms with Crippen LogP contribution in [0.2, 0.25) is 0 Å². The van der Waals surface area contributed by atoms with Crippen LogP contribution in [-0.2, 0) is 17.6 Å². The molecule has 0 aliphatic carbocycles. The Bertz CT molecular complexity index is 746. The Labute approximate surface area is 159 Å². The van der Waals surface area contributed by atoms with Crippen molar-refractivity contribution in [3.63, 3.8) is 0 Å². The number of aryl methyl sites for hydroxylation is 1. The molecule has 2 aromatic carbocycles. The predicted octanol–water partition coefficient (Wildman–Crippen LogP) is 4.79. The van der Waals surface area contributed by atoms with Gasteiger partial charge in [-0.3, -0.25) is 0 Å². The second kappa shape index (κ2) is 10.5. The van der Waals surface area contributed by atoms with Gasteiger partial charge in [0.15, 0.2) is 6.23 Å². The smallest absolute Gasteiger partial charge is 0.193 e. The maximum atomic E-state index is 11.2. The summed E-state index contributed by atoms with van der Waals surface area (Å²) in [6, 6.07) is 14.1. The minimum absolute atomic E-state index is 0.0269. The van der Waals surface area contributed by atoms with Crippen molar-refractivity contribution in [3.05, 3.63) is 74.5 Å². The van der Waals surface area contributed by atoms with E-state index in [1.165, 1.54) is 16.7 Å². The van der Waals surface area contributed by atoms with E-state index in [9.17, 15) is 9.81 Å². The molecule has 0 radical (unpaired) electrons. The van der Waals surface area contributed by atoms with Crippen molar-refractivity contribution in [2.45, 2.75) is 45.4 Å². The minimum Gasteiger partial charge on any atom is -0.497 e. The molecule has 0 aliphatic heterocycles. The van der Waals surface area contributed by atoms with Gasteiger partial charge in [-0.2, -0.15) is 4.91 Å². The molecule has 0 fully saturated rings. The Kier molecular flexibility index (Phi) is 8.07. The van der Waals surface area contributed by atoms with Crippen molar-refractivity contribution in [1.29, 1.82) is 0 Å². The fraction of sp³-hybridized carbons (Fsp3) is 0.429. The molecule has 2 unspecified atom stereocenters. The van der Waals surface area contributed by atoms with E-state index in [-0.39, 0.29) is 12.6 Å². The van der Waals surface area contributed by atoms with Crippen molar-refractivity contribution in [2.24, 2.45) is 10.4 Å². The van der Waals surface area contributed by atoms with Crippen molar-refractivity contribution >= 4 is 0 Å². The average molecular weight is 370 g/mol. The van der Waals surface area contributed by atoms with Gasteiger partial charge in [-0.05, 0) is 59.3 Å². The molecule has 0 saturated heterocycles. The van der Waals surface area contributed by atoms with Gasteiger partial charge in [0.25, 0.3) is 0 Å². The van der Waals surface area contributed by atoms with Crippen molar-refractivity contribution in [1.82, 2.24) is 0 Å². The summed E-state index contributed by atoms with van der Waals surface area (Å²) in [7, 11) is 1.65. The summed E-state index contributed by atoms with van der Waals surface area (Å²) < 4.78 is 10.8. The van der Waals surface area contributed by atoms with Gasteiger partial charge in [-0.15, -0.1) is 4.91 Å². The summed E-state index contributed by atoms with van der Waals surface area (Å²) in [5, 5.41) is 5.94. The van der Waals surface area contributed by atoms with Crippen molar-refractivity contribution in [2.75, 3.05) is 13.7 Å². The van der Waals surface area contributed by atoms with Crippen molar-refractivity contribution < 1.29 is 9.47 Å². The fourth-order valence-corrected chi connectivity index (χ4v) is 2.89. The summed E-state index contributed by atoms with van der Waals surface area (Å²) in [4.78, 5) is 21.6. The van der Waals surface area contributed by atoms with E-state index in [1.807, 2.05) is 43.3 Å². The van der Waals surface area contributed by atoms with Crippen LogP contribution in [0.1, 0.15) is 35.6 Å². The molecular formula is C21H26N2O4. The lowest BCUT2D eigenvalue weighted by molar-refractivity contribution is -0.00421. The van der Waals surface area contributed by atoms with Crippen LogP contribution < -0.4 is 4.74 Å². The van der Waals surface area contributed by atoms with Gasteiger partial charge in [-0.25, -0.2) is 0 Å². The van der Waals surface area contributed by atoms with Gasteiger partial charge in [0, 0.05) is 6.42 Å². The van der Waals surface area contributed by atoms with Crippen LogP contribution in [0.15, 0.2) is 52.8 Å². The van der Waals surface area contributed by atoms with Crippen LogP contribution >= 0.6 is 0 Å². The lowest BCUT2D eigenvalue weighted by Gasteiger charge is -2.18. The largest absolute Gasteiger partial charge is 0.497 e. The van der Waals surface area contributed by atoms with Gasteiger partial charge < -0.3 is 9.47 Å². The number of hydrogen-bond acceptors (Lipinski definition) is 6. The molecule has 27 heavy (non-hydrogen) atoms. The van der Waals surface area contributed by atoms with E-state index >= 15 is 0 Å². The normalized spacial score (nSPS) is 13.0. The minimum atomic E-state index is -0.826. The van der Waals surface area contributed by atoms with Gasteiger partial charge >= 0.3 is 0 Å². The van der Waals surface area contributed by atoms with Crippen LogP contribution in [0.5, 0.6) is 5.75 Å². The first kappa shape index (κ1) is 20.7. The van der Waals surface area contributed by atoms with E-state index in [2.05, 4.69) is 23.3 Å².